The number of aromatic amines is 1. The quantitative estimate of drug-likeness (QED) is 0.611. The van der Waals surface area contributed by atoms with Gasteiger partial charge in [-0.3, -0.25) is 4.79 Å². The molecular formula is C19H17IN2O2. The maximum absolute atomic E-state index is 13.0. The van der Waals surface area contributed by atoms with Crippen LogP contribution in [0.4, 0.5) is 0 Å². The van der Waals surface area contributed by atoms with Crippen molar-refractivity contribution in [3.05, 3.63) is 68.9 Å². The standard InChI is InChI=1S/C19H17IN2O2/c20-16-7-3-1-6-14(16)19(24)22-10-18-15(9-12(22)11-23)13-5-2-4-8-17(13)21-18/h1-8,12,21,23H,9-11H2. The van der Waals surface area contributed by atoms with Crippen molar-refractivity contribution in [2.24, 2.45) is 0 Å². The third-order valence-corrected chi connectivity index (χ3v) is 5.63. The lowest BCUT2D eigenvalue weighted by Gasteiger charge is -2.35. The number of hydrogen-bond acceptors (Lipinski definition) is 2. The molecule has 24 heavy (non-hydrogen) atoms. The summed E-state index contributed by atoms with van der Waals surface area (Å²) in [7, 11) is 0. The summed E-state index contributed by atoms with van der Waals surface area (Å²) in [5.74, 6) is -0.0247. The van der Waals surface area contributed by atoms with E-state index in [1.807, 2.05) is 42.5 Å². The lowest BCUT2D eigenvalue weighted by molar-refractivity contribution is 0.0540. The highest BCUT2D eigenvalue weighted by molar-refractivity contribution is 14.1. The Morgan fingerprint density at radius 1 is 1.21 bits per heavy atom. The highest BCUT2D eigenvalue weighted by Gasteiger charge is 2.32. The molecule has 0 radical (unpaired) electrons. The minimum atomic E-state index is -0.194. The molecule has 3 aromatic rings. The number of amides is 1. The molecule has 0 saturated heterocycles. The maximum atomic E-state index is 13.0. The second-order valence-electron chi connectivity index (χ2n) is 6.08. The number of aliphatic hydroxyl groups is 1. The van der Waals surface area contributed by atoms with Crippen molar-refractivity contribution < 1.29 is 9.90 Å². The number of H-pyrrole nitrogens is 1. The summed E-state index contributed by atoms with van der Waals surface area (Å²) in [6.45, 7) is 0.465. The summed E-state index contributed by atoms with van der Waals surface area (Å²) in [5, 5.41) is 11.0. The maximum Gasteiger partial charge on any atom is 0.255 e. The summed E-state index contributed by atoms with van der Waals surface area (Å²) >= 11 is 2.18. The average Bonchev–Trinajstić information content (AvgIpc) is 2.98. The minimum absolute atomic E-state index is 0.0247. The average molecular weight is 432 g/mol. The van der Waals surface area contributed by atoms with E-state index in [2.05, 4.69) is 33.6 Å². The topological polar surface area (TPSA) is 56.3 Å². The summed E-state index contributed by atoms with van der Waals surface area (Å²) < 4.78 is 0.930. The van der Waals surface area contributed by atoms with E-state index < -0.39 is 0 Å². The number of halogens is 1. The number of fused-ring (bicyclic) bond motifs is 3. The smallest absolute Gasteiger partial charge is 0.255 e. The Labute approximate surface area is 153 Å². The Balaban J connectivity index is 1.74. The van der Waals surface area contributed by atoms with E-state index in [1.165, 1.54) is 10.9 Å². The zero-order valence-corrected chi connectivity index (χ0v) is 15.2. The largest absolute Gasteiger partial charge is 0.394 e. The number of nitrogens with zero attached hydrogens (tertiary/aromatic N) is 1. The van der Waals surface area contributed by atoms with Gasteiger partial charge in [-0.1, -0.05) is 30.3 Å². The summed E-state index contributed by atoms with van der Waals surface area (Å²) in [6, 6.07) is 15.6. The lowest BCUT2D eigenvalue weighted by atomic mass is 9.96. The van der Waals surface area contributed by atoms with E-state index in [0.717, 1.165) is 14.8 Å². The van der Waals surface area contributed by atoms with Gasteiger partial charge in [0, 0.05) is 20.2 Å². The first-order chi connectivity index (χ1) is 11.7. The number of carbonyl (C=O) groups is 1. The van der Waals surface area contributed by atoms with Gasteiger partial charge in [0.25, 0.3) is 5.91 Å². The predicted octanol–water partition coefficient (Wildman–Crippen LogP) is 3.33. The van der Waals surface area contributed by atoms with Gasteiger partial charge in [-0.15, -0.1) is 0 Å². The fraction of sp³-hybridized carbons (Fsp3) is 0.211. The third kappa shape index (κ3) is 2.52. The van der Waals surface area contributed by atoms with E-state index in [1.54, 1.807) is 4.90 Å². The van der Waals surface area contributed by atoms with Gasteiger partial charge in [-0.25, -0.2) is 0 Å². The van der Waals surface area contributed by atoms with E-state index in [4.69, 9.17) is 0 Å². The van der Waals surface area contributed by atoms with Gasteiger partial charge in [0.05, 0.1) is 24.8 Å². The Bertz CT molecular complexity index is 919. The van der Waals surface area contributed by atoms with Crippen molar-refractivity contribution in [3.63, 3.8) is 0 Å². The van der Waals surface area contributed by atoms with Gasteiger partial charge >= 0.3 is 0 Å². The monoisotopic (exact) mass is 432 g/mol. The molecule has 0 aliphatic carbocycles. The van der Waals surface area contributed by atoms with Crippen molar-refractivity contribution in [3.8, 4) is 0 Å². The van der Waals surface area contributed by atoms with Crippen LogP contribution in [0.15, 0.2) is 48.5 Å². The zero-order chi connectivity index (χ0) is 16.7. The number of benzene rings is 2. The van der Waals surface area contributed by atoms with E-state index in [-0.39, 0.29) is 18.6 Å². The Kier molecular flexibility index (Phi) is 4.05. The van der Waals surface area contributed by atoms with Crippen LogP contribution in [-0.4, -0.2) is 33.5 Å². The molecule has 0 bridgehead atoms. The molecule has 122 valence electrons. The second-order valence-corrected chi connectivity index (χ2v) is 7.24. The van der Waals surface area contributed by atoms with Crippen LogP contribution in [0.25, 0.3) is 10.9 Å². The molecule has 5 heteroatoms. The van der Waals surface area contributed by atoms with Crippen molar-refractivity contribution in [1.82, 2.24) is 9.88 Å². The van der Waals surface area contributed by atoms with Crippen molar-refractivity contribution >= 4 is 39.4 Å². The molecule has 1 aliphatic rings. The molecule has 1 aromatic heterocycles. The third-order valence-electron chi connectivity index (χ3n) is 4.69. The number of aromatic nitrogens is 1. The second kappa shape index (κ2) is 6.22. The van der Waals surface area contributed by atoms with Crippen LogP contribution in [0.3, 0.4) is 0 Å². The van der Waals surface area contributed by atoms with Gasteiger partial charge in [-0.05, 0) is 52.8 Å². The molecule has 1 amide bonds. The summed E-state index contributed by atoms with van der Waals surface area (Å²) in [4.78, 5) is 18.2. The number of carbonyl (C=O) groups excluding carboxylic acids is 1. The molecule has 4 nitrogen and oxygen atoms in total. The van der Waals surface area contributed by atoms with Gasteiger partial charge in [0.2, 0.25) is 0 Å². The lowest BCUT2D eigenvalue weighted by Crippen LogP contribution is -2.46. The molecule has 0 fully saturated rings. The highest BCUT2D eigenvalue weighted by atomic mass is 127. The van der Waals surface area contributed by atoms with Gasteiger partial charge in [-0.2, -0.15) is 0 Å². The first kappa shape index (κ1) is 15.7. The van der Waals surface area contributed by atoms with Crippen molar-refractivity contribution in [2.45, 2.75) is 19.0 Å². The molecule has 4 rings (SSSR count). The minimum Gasteiger partial charge on any atom is -0.394 e. The van der Waals surface area contributed by atoms with Crippen LogP contribution in [0.5, 0.6) is 0 Å². The van der Waals surface area contributed by atoms with Crippen molar-refractivity contribution in [2.75, 3.05) is 6.61 Å². The number of rotatable bonds is 2. The van der Waals surface area contributed by atoms with Crippen LogP contribution >= 0.6 is 22.6 Å². The van der Waals surface area contributed by atoms with Gasteiger partial charge < -0.3 is 15.0 Å². The molecular weight excluding hydrogens is 415 g/mol. The number of aliphatic hydroxyl groups excluding tert-OH is 1. The molecule has 0 spiro atoms. The number of para-hydroxylation sites is 1. The molecule has 1 atom stereocenters. The zero-order valence-electron chi connectivity index (χ0n) is 13.0. The molecule has 1 unspecified atom stereocenters. The summed E-state index contributed by atoms with van der Waals surface area (Å²) in [6.07, 6.45) is 0.672. The first-order valence-corrected chi connectivity index (χ1v) is 9.01. The van der Waals surface area contributed by atoms with Gasteiger partial charge in [0.1, 0.15) is 0 Å². The Morgan fingerprint density at radius 2 is 1.96 bits per heavy atom. The van der Waals surface area contributed by atoms with Gasteiger partial charge in [0.15, 0.2) is 0 Å². The van der Waals surface area contributed by atoms with E-state index in [9.17, 15) is 9.90 Å². The number of hydrogen-bond donors (Lipinski definition) is 2. The van der Waals surface area contributed by atoms with Crippen LogP contribution in [0.2, 0.25) is 0 Å². The van der Waals surface area contributed by atoms with Crippen molar-refractivity contribution in [1.29, 1.82) is 0 Å². The van der Waals surface area contributed by atoms with Crippen LogP contribution < -0.4 is 0 Å². The predicted molar refractivity (Wildman–Crippen MR) is 102 cm³/mol. The van der Waals surface area contributed by atoms with E-state index >= 15 is 0 Å². The van der Waals surface area contributed by atoms with E-state index in [0.29, 0.717) is 18.5 Å². The van der Waals surface area contributed by atoms with Crippen LogP contribution in [-0.2, 0) is 13.0 Å². The Morgan fingerprint density at radius 3 is 2.75 bits per heavy atom. The van der Waals surface area contributed by atoms with Crippen LogP contribution in [0.1, 0.15) is 21.6 Å². The molecule has 1 aliphatic heterocycles. The fourth-order valence-electron chi connectivity index (χ4n) is 3.46. The normalized spacial score (nSPS) is 17.1. The highest BCUT2D eigenvalue weighted by Crippen LogP contribution is 2.31. The Hall–Kier alpha value is -1.86. The molecule has 0 saturated carbocycles. The SMILES string of the molecule is O=C(c1ccccc1I)N1Cc2[nH]c3ccccc3c2CC1CO. The fourth-order valence-corrected chi connectivity index (χ4v) is 4.08. The summed E-state index contributed by atoms with van der Waals surface area (Å²) in [5.41, 5.74) is 4.07. The molecule has 2 N–H and O–H groups in total. The molecule has 2 heterocycles. The number of nitrogens with one attached hydrogen (secondary N) is 1. The first-order valence-electron chi connectivity index (χ1n) is 7.94. The van der Waals surface area contributed by atoms with Crippen LogP contribution in [0, 0.1) is 3.57 Å². The molecule has 2 aromatic carbocycles.